The molecule has 1 aromatic rings. The van der Waals surface area contributed by atoms with E-state index < -0.39 is 10.2 Å². The molecule has 0 unspecified atom stereocenters. The minimum Gasteiger partial charge on any atom is -0.275 e. The normalized spacial score (nSPS) is 9.93. The summed E-state index contributed by atoms with van der Waals surface area (Å²) in [7, 11) is 0. The molecule has 1 aromatic carbocycles. The van der Waals surface area contributed by atoms with E-state index >= 15 is 0 Å². The molecular weight excluding hydrogens is 320 g/mol. The van der Waals surface area contributed by atoms with Crippen LogP contribution in [0.4, 0.5) is 5.69 Å². The highest BCUT2D eigenvalue weighted by molar-refractivity contribution is 14.1. The molecule has 0 aliphatic rings. The van der Waals surface area contributed by atoms with Gasteiger partial charge in [0.25, 0.3) is 10.9 Å². The Kier molecular flexibility index (Phi) is 3.43. The molecule has 0 bridgehead atoms. The SMILES string of the molecule is Cc1cc(I)c([N+](=O)[O-])c(C(=O)Cl)c1. The van der Waals surface area contributed by atoms with Crippen molar-refractivity contribution >= 4 is 45.1 Å². The second-order valence-corrected chi connectivity index (χ2v) is 4.18. The van der Waals surface area contributed by atoms with Crippen molar-refractivity contribution in [3.05, 3.63) is 36.9 Å². The van der Waals surface area contributed by atoms with Gasteiger partial charge >= 0.3 is 0 Å². The van der Waals surface area contributed by atoms with Crippen LogP contribution in [0.3, 0.4) is 0 Å². The van der Waals surface area contributed by atoms with Gasteiger partial charge in [0.15, 0.2) is 0 Å². The van der Waals surface area contributed by atoms with Crippen LogP contribution in [-0.2, 0) is 0 Å². The molecule has 4 nitrogen and oxygen atoms in total. The van der Waals surface area contributed by atoms with Gasteiger partial charge in [-0.1, -0.05) is 0 Å². The molecule has 74 valence electrons. The van der Waals surface area contributed by atoms with Crippen molar-refractivity contribution in [2.75, 3.05) is 0 Å². The Morgan fingerprint density at radius 1 is 1.57 bits per heavy atom. The van der Waals surface area contributed by atoms with Crippen molar-refractivity contribution in [1.29, 1.82) is 0 Å². The molecule has 0 N–H and O–H groups in total. The Bertz CT molecular complexity index is 419. The minimum absolute atomic E-state index is 0.0546. The molecule has 14 heavy (non-hydrogen) atoms. The van der Waals surface area contributed by atoms with Crippen LogP contribution in [-0.4, -0.2) is 10.2 Å². The Morgan fingerprint density at radius 3 is 2.57 bits per heavy atom. The maximum absolute atomic E-state index is 10.9. The molecule has 0 radical (unpaired) electrons. The van der Waals surface area contributed by atoms with Gasteiger partial charge in [0.1, 0.15) is 5.56 Å². The molecule has 6 heteroatoms. The highest BCUT2D eigenvalue weighted by Crippen LogP contribution is 2.28. The fraction of sp³-hybridized carbons (Fsp3) is 0.125. The predicted molar refractivity (Wildman–Crippen MR) is 60.7 cm³/mol. The van der Waals surface area contributed by atoms with Crippen LogP contribution < -0.4 is 0 Å². The lowest BCUT2D eigenvalue weighted by atomic mass is 10.1. The number of aryl methyl sites for hydroxylation is 1. The smallest absolute Gasteiger partial charge is 0.275 e. The molecular formula is C8H5ClINO3. The van der Waals surface area contributed by atoms with Crippen LogP contribution in [0, 0.1) is 20.6 Å². The molecule has 0 aliphatic heterocycles. The monoisotopic (exact) mass is 325 g/mol. The largest absolute Gasteiger partial charge is 0.294 e. The maximum Gasteiger partial charge on any atom is 0.294 e. The number of halogens is 2. The molecule has 0 aliphatic carbocycles. The highest BCUT2D eigenvalue weighted by Gasteiger charge is 2.22. The van der Waals surface area contributed by atoms with Crippen molar-refractivity contribution < 1.29 is 9.72 Å². The number of nitro groups is 1. The number of rotatable bonds is 2. The van der Waals surface area contributed by atoms with E-state index in [1.54, 1.807) is 13.0 Å². The van der Waals surface area contributed by atoms with Gasteiger partial charge in [-0.05, 0) is 58.8 Å². The van der Waals surface area contributed by atoms with Gasteiger partial charge in [-0.25, -0.2) is 0 Å². The number of hydrogen-bond donors (Lipinski definition) is 0. The van der Waals surface area contributed by atoms with Gasteiger partial charge in [0.2, 0.25) is 0 Å². The average molecular weight is 325 g/mol. The average Bonchev–Trinajstić information content (AvgIpc) is 2.01. The molecule has 0 fully saturated rings. The zero-order valence-electron chi connectivity index (χ0n) is 7.08. The van der Waals surface area contributed by atoms with Crippen LogP contribution in [0.25, 0.3) is 0 Å². The fourth-order valence-electron chi connectivity index (χ4n) is 1.07. The lowest BCUT2D eigenvalue weighted by Gasteiger charge is -2.01. The molecule has 0 spiro atoms. The van der Waals surface area contributed by atoms with Gasteiger partial charge < -0.3 is 0 Å². The lowest BCUT2D eigenvalue weighted by Crippen LogP contribution is -2.01. The number of nitro benzene ring substituents is 1. The van der Waals surface area contributed by atoms with E-state index in [1.165, 1.54) is 6.07 Å². The highest BCUT2D eigenvalue weighted by atomic mass is 127. The van der Waals surface area contributed by atoms with Crippen LogP contribution in [0.2, 0.25) is 0 Å². The number of carbonyl (C=O) groups excluding carboxylic acids is 1. The first kappa shape index (κ1) is 11.4. The van der Waals surface area contributed by atoms with Crippen LogP contribution >= 0.6 is 34.2 Å². The zero-order valence-corrected chi connectivity index (χ0v) is 10.00. The summed E-state index contributed by atoms with van der Waals surface area (Å²) in [6.07, 6.45) is 0. The Labute approximate surface area is 98.5 Å². The van der Waals surface area contributed by atoms with Gasteiger partial charge in [0.05, 0.1) is 8.49 Å². The number of benzene rings is 1. The van der Waals surface area contributed by atoms with Crippen molar-refractivity contribution in [3.8, 4) is 0 Å². The number of carbonyl (C=O) groups is 1. The molecule has 0 amide bonds. The first-order valence-electron chi connectivity index (χ1n) is 3.58. The van der Waals surface area contributed by atoms with Crippen molar-refractivity contribution in [2.24, 2.45) is 0 Å². The van der Waals surface area contributed by atoms with Gasteiger partial charge in [-0.3, -0.25) is 14.9 Å². The van der Waals surface area contributed by atoms with Crippen LogP contribution in [0.5, 0.6) is 0 Å². The van der Waals surface area contributed by atoms with E-state index in [-0.39, 0.29) is 11.3 Å². The third-order valence-corrected chi connectivity index (χ3v) is 2.63. The first-order chi connectivity index (χ1) is 6.43. The lowest BCUT2D eigenvalue weighted by molar-refractivity contribution is -0.386. The molecule has 0 saturated carbocycles. The summed E-state index contributed by atoms with van der Waals surface area (Å²) in [5, 5.41) is 9.84. The van der Waals surface area contributed by atoms with E-state index in [4.69, 9.17) is 11.6 Å². The fourth-order valence-corrected chi connectivity index (χ4v) is 2.19. The second kappa shape index (κ2) is 4.22. The molecule has 1 rings (SSSR count). The third kappa shape index (κ3) is 2.21. The summed E-state index contributed by atoms with van der Waals surface area (Å²) in [4.78, 5) is 21.0. The van der Waals surface area contributed by atoms with Gasteiger partial charge in [-0.15, -0.1) is 0 Å². The van der Waals surface area contributed by atoms with E-state index in [2.05, 4.69) is 0 Å². The minimum atomic E-state index is -0.807. The molecule has 0 saturated heterocycles. The van der Waals surface area contributed by atoms with E-state index in [0.29, 0.717) is 3.57 Å². The van der Waals surface area contributed by atoms with E-state index in [9.17, 15) is 14.9 Å². The molecule has 0 heterocycles. The molecule has 0 atom stereocenters. The standard InChI is InChI=1S/C8H5ClINO3/c1-4-2-5(8(9)12)7(11(13)14)6(10)3-4/h2-3H,1H3. The Hall–Kier alpha value is -0.690. The van der Waals surface area contributed by atoms with Crippen LogP contribution in [0.15, 0.2) is 12.1 Å². The summed E-state index contributed by atoms with van der Waals surface area (Å²) < 4.78 is 0.414. The van der Waals surface area contributed by atoms with E-state index in [1.807, 2.05) is 22.6 Å². The Morgan fingerprint density at radius 2 is 2.14 bits per heavy atom. The predicted octanol–water partition coefficient (Wildman–Crippen LogP) is 2.89. The molecule has 0 aromatic heterocycles. The van der Waals surface area contributed by atoms with Crippen molar-refractivity contribution in [3.63, 3.8) is 0 Å². The maximum atomic E-state index is 10.9. The number of hydrogen-bond acceptors (Lipinski definition) is 3. The zero-order chi connectivity index (χ0) is 10.9. The quantitative estimate of drug-likeness (QED) is 0.363. The Balaban J connectivity index is 3.52. The van der Waals surface area contributed by atoms with E-state index in [0.717, 1.165) is 5.56 Å². The summed E-state index contributed by atoms with van der Waals surface area (Å²) in [6.45, 7) is 1.75. The third-order valence-electron chi connectivity index (χ3n) is 1.60. The van der Waals surface area contributed by atoms with Gasteiger partial charge in [0, 0.05) is 0 Å². The van der Waals surface area contributed by atoms with Crippen molar-refractivity contribution in [1.82, 2.24) is 0 Å². The number of nitrogens with zero attached hydrogens (tertiary/aromatic N) is 1. The first-order valence-corrected chi connectivity index (χ1v) is 5.03. The van der Waals surface area contributed by atoms with Gasteiger partial charge in [-0.2, -0.15) is 0 Å². The summed E-state index contributed by atoms with van der Waals surface area (Å²) in [5.41, 5.74) is 0.487. The summed E-state index contributed by atoms with van der Waals surface area (Å²) in [5.74, 6) is 0. The van der Waals surface area contributed by atoms with Crippen molar-refractivity contribution in [2.45, 2.75) is 6.92 Å². The van der Waals surface area contributed by atoms with Crippen LogP contribution in [0.1, 0.15) is 15.9 Å². The summed E-state index contributed by atoms with van der Waals surface area (Å²) >= 11 is 7.06. The second-order valence-electron chi connectivity index (χ2n) is 2.67. The topological polar surface area (TPSA) is 60.2 Å². The summed E-state index contributed by atoms with van der Waals surface area (Å²) in [6, 6.07) is 3.04.